The fourth-order valence-corrected chi connectivity index (χ4v) is 1.60. The van der Waals surface area contributed by atoms with Crippen LogP contribution in [0.5, 0.6) is 5.75 Å². The first kappa shape index (κ1) is 16.5. The van der Waals surface area contributed by atoms with E-state index in [0.29, 0.717) is 0 Å². The molecule has 1 nitrogen and oxygen atoms in total. The van der Waals surface area contributed by atoms with Crippen molar-refractivity contribution in [3.8, 4) is 5.75 Å². The first-order valence-electron chi connectivity index (χ1n) is 4.97. The molecule has 17 heavy (non-hydrogen) atoms. The molecule has 0 unspecified atom stereocenters. The summed E-state index contributed by atoms with van der Waals surface area (Å²) >= 11 is 0. The van der Waals surface area contributed by atoms with Crippen molar-refractivity contribution in [2.45, 2.75) is 6.42 Å². The van der Waals surface area contributed by atoms with E-state index in [4.69, 9.17) is 4.74 Å². The summed E-state index contributed by atoms with van der Waals surface area (Å²) in [5.41, 5.74) is 2.46. The van der Waals surface area contributed by atoms with Gasteiger partial charge in [0.15, 0.2) is 0 Å². The van der Waals surface area contributed by atoms with Gasteiger partial charge in [0.1, 0.15) is 0 Å². The molecule has 3 heteroatoms. The predicted octanol–water partition coefficient (Wildman–Crippen LogP) is -0.291. The van der Waals surface area contributed by atoms with Gasteiger partial charge in [-0.1, -0.05) is 35.9 Å². The Labute approximate surface area is 129 Å². The molecule has 0 N–H and O–H groups in total. The van der Waals surface area contributed by atoms with Crippen LogP contribution in [-0.4, -0.2) is 30.2 Å². The summed E-state index contributed by atoms with van der Waals surface area (Å²) in [4.78, 5) is 0. The fourth-order valence-electron chi connectivity index (χ4n) is 1.60. The van der Waals surface area contributed by atoms with E-state index in [1.807, 2.05) is 18.2 Å². The summed E-state index contributed by atoms with van der Waals surface area (Å²) in [5.74, 6) is 0.835. The van der Waals surface area contributed by atoms with E-state index in [1.165, 1.54) is 11.1 Å². The second-order valence-corrected chi connectivity index (χ2v) is 3.39. The van der Waals surface area contributed by atoms with E-state index in [2.05, 4.69) is 36.4 Å². The number of hydrogen-bond donors (Lipinski definition) is 0. The molecule has 0 radical (unpaired) electrons. The number of hydrogen-bond acceptors (Lipinski definition) is 1. The number of halogens is 1. The van der Waals surface area contributed by atoms with Crippen LogP contribution in [0.1, 0.15) is 11.1 Å². The quantitative estimate of drug-likeness (QED) is 0.559. The van der Waals surface area contributed by atoms with Crippen molar-refractivity contribution in [2.24, 2.45) is 0 Å². The van der Waals surface area contributed by atoms with Crippen LogP contribution in [-0.2, 0) is 6.42 Å². The minimum absolute atomic E-state index is 0. The maximum atomic E-state index is 5.26. The van der Waals surface area contributed by atoms with E-state index < -0.39 is 0 Å². The molecule has 0 aromatic heterocycles. The Bertz CT molecular complexity index is 431. The molecule has 0 atom stereocenters. The molecule has 0 spiro atoms. The molecule has 0 fully saturated rings. The van der Waals surface area contributed by atoms with Gasteiger partial charge in [0.25, 0.3) is 0 Å². The Morgan fingerprint density at radius 2 is 1.76 bits per heavy atom. The van der Waals surface area contributed by atoms with Crippen molar-refractivity contribution in [1.82, 2.24) is 0 Å². The molecule has 0 aliphatic carbocycles. The van der Waals surface area contributed by atoms with Crippen LogP contribution in [0.3, 0.4) is 0 Å². The molecule has 0 heterocycles. The first-order chi connectivity index (χ1) is 7.40. The zero-order chi connectivity index (χ0) is 10.5. The van der Waals surface area contributed by atoms with Gasteiger partial charge in [0.2, 0.25) is 0 Å². The smallest absolute Gasteiger partial charge is 1.00 e. The summed E-state index contributed by atoms with van der Waals surface area (Å²) in [6, 6.07) is 19.4. The van der Waals surface area contributed by atoms with E-state index in [9.17, 15) is 0 Å². The van der Waals surface area contributed by atoms with Gasteiger partial charge in [0, 0.05) is 5.75 Å². The molecule has 0 aliphatic heterocycles. The number of benzene rings is 2. The molecule has 0 aliphatic rings. The Hall–Kier alpha value is -0.514. The second-order valence-electron chi connectivity index (χ2n) is 3.39. The predicted molar refractivity (Wildman–Crippen MR) is 66.8 cm³/mol. The second kappa shape index (κ2) is 8.56. The van der Waals surface area contributed by atoms with Crippen LogP contribution in [0.4, 0.5) is 0 Å². The van der Waals surface area contributed by atoms with Crippen LogP contribution in [0.2, 0.25) is 0 Å². The number of methoxy groups -OCH3 is 1. The molecule has 2 aromatic rings. The topological polar surface area (TPSA) is 9.23 Å². The van der Waals surface area contributed by atoms with Gasteiger partial charge < -0.3 is 21.7 Å². The van der Waals surface area contributed by atoms with Crippen LogP contribution in [0.25, 0.3) is 0 Å². The molecule has 0 bridgehead atoms. The summed E-state index contributed by atoms with van der Waals surface area (Å²) in [5, 5.41) is 0. The third-order valence-electron chi connectivity index (χ3n) is 2.34. The van der Waals surface area contributed by atoms with Crippen molar-refractivity contribution in [3.05, 3.63) is 65.7 Å². The molecule has 84 valence electrons. The Balaban J connectivity index is 0.00000128. The monoisotopic (exact) mass is 300 g/mol. The molecular formula is C14H13BrMgO. The van der Waals surface area contributed by atoms with Crippen LogP contribution in [0, 0.1) is 6.07 Å². The zero-order valence-electron chi connectivity index (χ0n) is 9.82. The summed E-state index contributed by atoms with van der Waals surface area (Å²) in [7, 11) is 1.68. The first-order valence-corrected chi connectivity index (χ1v) is 4.97. The standard InChI is InChI=1S/C14H13O.BrH.Mg/c1-15-14-10-6-5-9-13(14)11-12-7-3-2-4-8-12;;/h2-9H,11H2,1H3;1H;/q-1;;+2/p-1. The SMILES string of the molecule is COc1[c-]cccc1Cc1ccccc1.[Br-].[Mg+2]. The van der Waals surface area contributed by atoms with Crippen molar-refractivity contribution >= 4 is 23.1 Å². The van der Waals surface area contributed by atoms with Crippen LogP contribution >= 0.6 is 0 Å². The minimum Gasteiger partial charge on any atom is -1.00 e. The van der Waals surface area contributed by atoms with Crippen LogP contribution in [0.15, 0.2) is 48.5 Å². The van der Waals surface area contributed by atoms with Gasteiger partial charge >= 0.3 is 23.1 Å². The molecule has 0 saturated heterocycles. The average Bonchev–Trinajstić information content (AvgIpc) is 2.31. The fraction of sp³-hybridized carbons (Fsp3) is 0.143. The van der Waals surface area contributed by atoms with E-state index in [1.54, 1.807) is 7.11 Å². The number of para-hydroxylation sites is 1. The van der Waals surface area contributed by atoms with E-state index in [0.717, 1.165) is 12.2 Å². The molecule has 2 rings (SSSR count). The third kappa shape index (κ3) is 4.70. The molecule has 0 amide bonds. The van der Waals surface area contributed by atoms with Gasteiger partial charge in [-0.05, 0) is 6.42 Å². The average molecular weight is 301 g/mol. The molecular weight excluding hydrogens is 288 g/mol. The number of ether oxygens (including phenoxy) is 1. The summed E-state index contributed by atoms with van der Waals surface area (Å²) < 4.78 is 5.26. The van der Waals surface area contributed by atoms with Gasteiger partial charge in [-0.25, -0.2) is 0 Å². The van der Waals surface area contributed by atoms with Crippen molar-refractivity contribution in [3.63, 3.8) is 0 Å². The maximum Gasteiger partial charge on any atom is 2.00 e. The van der Waals surface area contributed by atoms with Crippen molar-refractivity contribution in [1.29, 1.82) is 0 Å². The van der Waals surface area contributed by atoms with Crippen LogP contribution < -0.4 is 21.7 Å². The summed E-state index contributed by atoms with van der Waals surface area (Å²) in [6.45, 7) is 0. The molecule has 2 aromatic carbocycles. The normalized spacial score (nSPS) is 8.76. The Kier molecular flexibility index (Phi) is 8.30. The third-order valence-corrected chi connectivity index (χ3v) is 2.34. The zero-order valence-corrected chi connectivity index (χ0v) is 12.8. The summed E-state index contributed by atoms with van der Waals surface area (Å²) in [6.07, 6.45) is 0.890. The van der Waals surface area contributed by atoms with Crippen molar-refractivity contribution < 1.29 is 21.7 Å². The number of rotatable bonds is 3. The Morgan fingerprint density at radius 3 is 2.41 bits per heavy atom. The van der Waals surface area contributed by atoms with Gasteiger partial charge in [-0.2, -0.15) is 18.2 Å². The minimum atomic E-state index is 0. The van der Waals surface area contributed by atoms with Gasteiger partial charge in [0.05, 0.1) is 7.11 Å². The Morgan fingerprint density at radius 1 is 1.06 bits per heavy atom. The molecule has 0 saturated carbocycles. The van der Waals surface area contributed by atoms with Gasteiger partial charge in [-0.15, -0.1) is 11.6 Å². The van der Waals surface area contributed by atoms with Gasteiger partial charge in [-0.3, -0.25) is 0 Å². The van der Waals surface area contributed by atoms with E-state index >= 15 is 0 Å². The maximum absolute atomic E-state index is 5.26. The largest absolute Gasteiger partial charge is 2.00 e. The van der Waals surface area contributed by atoms with E-state index in [-0.39, 0.29) is 40.0 Å². The van der Waals surface area contributed by atoms with Crippen molar-refractivity contribution in [2.75, 3.05) is 7.11 Å².